The average Bonchev–Trinajstić information content (AvgIpc) is 3.46. The van der Waals surface area contributed by atoms with E-state index in [0.29, 0.717) is 36.5 Å². The number of piperazine rings is 1. The van der Waals surface area contributed by atoms with Crippen molar-refractivity contribution in [3.05, 3.63) is 66.2 Å². The summed E-state index contributed by atoms with van der Waals surface area (Å²) in [5.74, 6) is 1.10. The number of hydrogen-bond acceptors (Lipinski definition) is 9. The van der Waals surface area contributed by atoms with Gasteiger partial charge in [0.2, 0.25) is 12.2 Å². The van der Waals surface area contributed by atoms with Gasteiger partial charge in [0.25, 0.3) is 5.91 Å². The molecule has 1 aromatic carbocycles. The lowest BCUT2D eigenvalue weighted by Crippen LogP contribution is -2.58. The molecule has 2 N–H and O–H groups in total. The lowest BCUT2D eigenvalue weighted by Gasteiger charge is -2.44. The standard InChI is InChI=1S/C26H26N10OS/c1-17(2)22-15-35(23-14-30-21(13-31-23)24(37)34-26-29-9-12-38-26)10-11-36(22)25(32-16-27)33-20-7-3-6-19-18(20)5-4-8-28-19/h3-9,12-14,17,22H,10-11,15H2,1-2H3,(H,32,33)(H,29,34,37). The van der Waals surface area contributed by atoms with Gasteiger partial charge in [-0.25, -0.2) is 15.0 Å². The first-order valence-corrected chi connectivity index (χ1v) is 13.0. The van der Waals surface area contributed by atoms with Crippen LogP contribution in [-0.2, 0) is 0 Å². The van der Waals surface area contributed by atoms with Crippen LogP contribution in [0.1, 0.15) is 24.3 Å². The molecule has 1 aliphatic rings. The molecular weight excluding hydrogens is 500 g/mol. The predicted molar refractivity (Wildman–Crippen MR) is 148 cm³/mol. The van der Waals surface area contributed by atoms with Gasteiger partial charge in [-0.3, -0.25) is 15.1 Å². The summed E-state index contributed by atoms with van der Waals surface area (Å²) in [7, 11) is 0. The molecule has 38 heavy (non-hydrogen) atoms. The molecule has 1 amide bonds. The molecule has 4 heterocycles. The van der Waals surface area contributed by atoms with Gasteiger partial charge in [-0.2, -0.15) is 5.26 Å². The Kier molecular flexibility index (Phi) is 7.37. The number of aromatic nitrogens is 4. The smallest absolute Gasteiger partial charge is 0.277 e. The third kappa shape index (κ3) is 5.37. The number of nitrogens with zero attached hydrogens (tertiary/aromatic N) is 8. The van der Waals surface area contributed by atoms with Crippen molar-refractivity contribution in [2.75, 3.05) is 35.2 Å². The van der Waals surface area contributed by atoms with Crippen molar-refractivity contribution in [1.82, 2.24) is 24.8 Å². The van der Waals surface area contributed by atoms with Crippen molar-refractivity contribution in [2.45, 2.75) is 19.9 Å². The number of thiazole rings is 1. The first-order chi connectivity index (χ1) is 18.5. The molecule has 0 radical (unpaired) electrons. The Morgan fingerprint density at radius 2 is 2.00 bits per heavy atom. The van der Waals surface area contributed by atoms with Gasteiger partial charge in [-0.15, -0.1) is 16.3 Å². The van der Waals surface area contributed by atoms with Crippen LogP contribution < -0.4 is 15.5 Å². The fraction of sp³-hybridized carbons (Fsp3) is 0.269. The van der Waals surface area contributed by atoms with E-state index >= 15 is 0 Å². The molecule has 1 aliphatic heterocycles. The van der Waals surface area contributed by atoms with Crippen LogP contribution >= 0.6 is 11.3 Å². The fourth-order valence-electron chi connectivity index (χ4n) is 4.44. The molecule has 0 bridgehead atoms. The van der Waals surface area contributed by atoms with Crippen LogP contribution in [0.2, 0.25) is 0 Å². The topological polar surface area (TPSA) is 135 Å². The largest absolute Gasteiger partial charge is 0.351 e. The predicted octanol–water partition coefficient (Wildman–Crippen LogP) is 3.83. The number of nitrogens with one attached hydrogen (secondary N) is 2. The second kappa shape index (κ2) is 11.2. The molecule has 3 aromatic heterocycles. The number of fused-ring (bicyclic) bond motifs is 1. The third-order valence-corrected chi connectivity index (χ3v) is 7.04. The summed E-state index contributed by atoms with van der Waals surface area (Å²) in [5.41, 5.74) is 1.92. The van der Waals surface area contributed by atoms with Crippen LogP contribution in [0.15, 0.2) is 65.5 Å². The Bertz CT molecular complexity index is 1470. The average molecular weight is 527 g/mol. The van der Waals surface area contributed by atoms with Crippen LogP contribution in [0, 0.1) is 17.4 Å². The second-order valence-corrected chi connectivity index (χ2v) is 9.93. The number of benzene rings is 1. The SMILES string of the molecule is CC(C)C1CN(c2cnc(C(=O)Nc3nccs3)cn2)CCN1/C(=N\C#N)Nc1cccc2ncccc12. The molecule has 0 saturated carbocycles. The van der Waals surface area contributed by atoms with E-state index in [4.69, 9.17) is 0 Å². The van der Waals surface area contributed by atoms with Gasteiger partial charge in [0.15, 0.2) is 5.13 Å². The Labute approximate surface area is 223 Å². The number of nitriles is 1. The fourth-order valence-corrected chi connectivity index (χ4v) is 4.97. The number of pyridine rings is 1. The summed E-state index contributed by atoms with van der Waals surface area (Å²) in [6, 6.07) is 9.77. The summed E-state index contributed by atoms with van der Waals surface area (Å²) in [6.07, 6.45) is 8.44. The van der Waals surface area contributed by atoms with E-state index in [-0.39, 0.29) is 23.6 Å². The number of carbonyl (C=O) groups excluding carboxylic acids is 1. The molecule has 1 atom stereocenters. The van der Waals surface area contributed by atoms with Crippen molar-refractivity contribution in [2.24, 2.45) is 10.9 Å². The summed E-state index contributed by atoms with van der Waals surface area (Å²) >= 11 is 1.34. The van der Waals surface area contributed by atoms with Crippen molar-refractivity contribution in [3.63, 3.8) is 0 Å². The minimum atomic E-state index is -0.351. The lowest BCUT2D eigenvalue weighted by molar-refractivity contribution is 0.102. The van der Waals surface area contributed by atoms with Crippen LogP contribution in [0.25, 0.3) is 10.9 Å². The molecule has 192 valence electrons. The van der Waals surface area contributed by atoms with Gasteiger partial charge >= 0.3 is 0 Å². The van der Waals surface area contributed by atoms with Crippen molar-refractivity contribution in [1.29, 1.82) is 5.26 Å². The second-order valence-electron chi connectivity index (χ2n) is 9.04. The van der Waals surface area contributed by atoms with Crippen LogP contribution in [0.5, 0.6) is 0 Å². The highest BCUT2D eigenvalue weighted by molar-refractivity contribution is 7.13. The van der Waals surface area contributed by atoms with Gasteiger partial charge in [0.05, 0.1) is 29.6 Å². The highest BCUT2D eigenvalue weighted by atomic mass is 32.1. The van der Waals surface area contributed by atoms with Crippen LogP contribution in [0.3, 0.4) is 0 Å². The third-order valence-electron chi connectivity index (χ3n) is 6.36. The van der Waals surface area contributed by atoms with Crippen LogP contribution in [0.4, 0.5) is 16.6 Å². The Hall–Kier alpha value is -4.63. The zero-order valence-corrected chi connectivity index (χ0v) is 21.8. The lowest BCUT2D eigenvalue weighted by atomic mass is 9.99. The normalized spacial score (nSPS) is 15.9. The minimum absolute atomic E-state index is 0.0473. The number of hydrogen-bond donors (Lipinski definition) is 2. The maximum Gasteiger partial charge on any atom is 0.277 e. The van der Waals surface area contributed by atoms with E-state index in [1.165, 1.54) is 17.5 Å². The Morgan fingerprint density at radius 3 is 2.74 bits per heavy atom. The van der Waals surface area contributed by atoms with Gasteiger partial charge < -0.3 is 15.1 Å². The number of aliphatic imine (C=N–C) groups is 1. The van der Waals surface area contributed by atoms with Gasteiger partial charge in [-0.05, 0) is 30.2 Å². The molecular formula is C26H26N10OS. The van der Waals surface area contributed by atoms with E-state index in [0.717, 1.165) is 16.6 Å². The van der Waals surface area contributed by atoms with Gasteiger partial charge in [0, 0.05) is 42.8 Å². The molecule has 1 unspecified atom stereocenters. The zero-order chi connectivity index (χ0) is 26.5. The summed E-state index contributed by atoms with van der Waals surface area (Å²) in [4.78, 5) is 38.2. The molecule has 4 aromatic rings. The summed E-state index contributed by atoms with van der Waals surface area (Å²) in [5, 5.41) is 18.8. The van der Waals surface area contributed by atoms with E-state index in [1.54, 1.807) is 24.0 Å². The highest BCUT2D eigenvalue weighted by Gasteiger charge is 2.32. The molecule has 12 heteroatoms. The first-order valence-electron chi connectivity index (χ1n) is 12.2. The molecule has 1 saturated heterocycles. The number of rotatable bonds is 5. The Balaban J connectivity index is 1.32. The van der Waals surface area contributed by atoms with Crippen molar-refractivity contribution >= 4 is 50.7 Å². The minimum Gasteiger partial charge on any atom is -0.351 e. The molecule has 1 fully saturated rings. The van der Waals surface area contributed by atoms with Gasteiger partial charge in [-0.1, -0.05) is 19.9 Å². The van der Waals surface area contributed by atoms with E-state index in [1.807, 2.05) is 36.5 Å². The number of guanidine groups is 1. The van der Waals surface area contributed by atoms with Crippen molar-refractivity contribution < 1.29 is 4.79 Å². The maximum absolute atomic E-state index is 12.4. The Morgan fingerprint density at radius 1 is 1.11 bits per heavy atom. The molecule has 0 spiro atoms. The highest BCUT2D eigenvalue weighted by Crippen LogP contribution is 2.25. The van der Waals surface area contributed by atoms with Gasteiger partial charge in [0.1, 0.15) is 11.5 Å². The number of anilines is 3. The van der Waals surface area contributed by atoms with Crippen molar-refractivity contribution in [3.8, 4) is 6.19 Å². The summed E-state index contributed by atoms with van der Waals surface area (Å²) in [6.45, 7) is 6.20. The number of carbonyl (C=O) groups is 1. The summed E-state index contributed by atoms with van der Waals surface area (Å²) < 4.78 is 0. The first kappa shape index (κ1) is 25.0. The quantitative estimate of drug-likeness (QED) is 0.226. The van der Waals surface area contributed by atoms with Crippen LogP contribution in [-0.4, -0.2) is 62.4 Å². The molecule has 0 aliphatic carbocycles. The van der Waals surface area contributed by atoms with E-state index < -0.39 is 0 Å². The molecule has 11 nitrogen and oxygen atoms in total. The van der Waals surface area contributed by atoms with E-state index in [9.17, 15) is 10.1 Å². The van der Waals surface area contributed by atoms with E-state index in [2.05, 4.69) is 59.2 Å². The maximum atomic E-state index is 12.4. The monoisotopic (exact) mass is 526 g/mol. The number of amides is 1. The molecule has 5 rings (SSSR count). The zero-order valence-electron chi connectivity index (χ0n) is 20.9.